The maximum Gasteiger partial charge on any atom is 0.271 e. The quantitative estimate of drug-likeness (QED) is 0.901. The van der Waals surface area contributed by atoms with Gasteiger partial charge in [0.05, 0.1) is 11.9 Å². The van der Waals surface area contributed by atoms with Crippen LogP contribution in [0.1, 0.15) is 61.1 Å². The van der Waals surface area contributed by atoms with Crippen molar-refractivity contribution in [3.8, 4) is 0 Å². The van der Waals surface area contributed by atoms with E-state index in [4.69, 9.17) is 0 Å². The smallest absolute Gasteiger partial charge is 0.271 e. The Kier molecular flexibility index (Phi) is 3.99. The third-order valence-corrected chi connectivity index (χ3v) is 4.89. The van der Waals surface area contributed by atoms with Crippen LogP contribution in [0.15, 0.2) is 12.4 Å². The van der Waals surface area contributed by atoms with Gasteiger partial charge in [0.25, 0.3) is 5.91 Å². The summed E-state index contributed by atoms with van der Waals surface area (Å²) in [6, 6.07) is 0.324. The number of aromatic nitrogens is 2. The maximum atomic E-state index is 12.2. The Hall–Kier alpha value is -1.45. The Balaban J connectivity index is 1.58. The lowest BCUT2D eigenvalue weighted by Crippen LogP contribution is -2.41. The average Bonchev–Trinajstić information content (AvgIpc) is 2.48. The molecule has 1 heterocycles. The van der Waals surface area contributed by atoms with E-state index in [1.165, 1.54) is 32.1 Å². The highest BCUT2D eigenvalue weighted by Crippen LogP contribution is 2.40. The van der Waals surface area contributed by atoms with Crippen molar-refractivity contribution in [3.63, 3.8) is 0 Å². The first kappa shape index (κ1) is 13.5. The molecule has 20 heavy (non-hydrogen) atoms. The summed E-state index contributed by atoms with van der Waals surface area (Å²) in [5, 5.41) is 3.15. The lowest BCUT2D eigenvalue weighted by Gasteiger charge is -2.39. The molecule has 2 aliphatic carbocycles. The number of rotatable bonds is 2. The second-order valence-electron chi connectivity index (χ2n) is 6.33. The van der Waals surface area contributed by atoms with Gasteiger partial charge in [0.15, 0.2) is 0 Å². The predicted octanol–water partition coefficient (Wildman–Crippen LogP) is 2.87. The Morgan fingerprint density at radius 1 is 1.10 bits per heavy atom. The van der Waals surface area contributed by atoms with Crippen molar-refractivity contribution in [1.29, 1.82) is 0 Å². The minimum Gasteiger partial charge on any atom is -0.348 e. The number of fused-ring (bicyclic) bond motifs is 1. The van der Waals surface area contributed by atoms with Gasteiger partial charge >= 0.3 is 0 Å². The molecule has 2 saturated carbocycles. The first-order chi connectivity index (χ1) is 9.72. The molecule has 0 saturated heterocycles. The third kappa shape index (κ3) is 3.00. The molecule has 0 bridgehead atoms. The third-order valence-electron chi connectivity index (χ3n) is 4.89. The van der Waals surface area contributed by atoms with Crippen LogP contribution in [-0.4, -0.2) is 21.9 Å². The van der Waals surface area contributed by atoms with E-state index in [9.17, 15) is 4.79 Å². The largest absolute Gasteiger partial charge is 0.348 e. The highest BCUT2D eigenvalue weighted by atomic mass is 16.1. The van der Waals surface area contributed by atoms with Crippen LogP contribution in [0.3, 0.4) is 0 Å². The van der Waals surface area contributed by atoms with Gasteiger partial charge < -0.3 is 5.32 Å². The molecule has 0 radical (unpaired) electrons. The van der Waals surface area contributed by atoms with E-state index in [0.717, 1.165) is 30.4 Å². The van der Waals surface area contributed by atoms with E-state index >= 15 is 0 Å². The first-order valence-electron chi connectivity index (χ1n) is 7.82. The molecule has 108 valence electrons. The van der Waals surface area contributed by atoms with Crippen molar-refractivity contribution in [3.05, 3.63) is 23.8 Å². The van der Waals surface area contributed by atoms with Crippen LogP contribution < -0.4 is 5.32 Å². The minimum atomic E-state index is -0.0724. The van der Waals surface area contributed by atoms with Crippen LogP contribution in [0, 0.1) is 18.8 Å². The molecule has 2 aliphatic rings. The minimum absolute atomic E-state index is 0.0724. The van der Waals surface area contributed by atoms with Crippen molar-refractivity contribution >= 4 is 5.91 Å². The van der Waals surface area contributed by atoms with E-state index in [1.807, 2.05) is 6.92 Å². The number of hydrogen-bond acceptors (Lipinski definition) is 3. The Morgan fingerprint density at radius 2 is 1.90 bits per heavy atom. The number of amides is 1. The zero-order chi connectivity index (χ0) is 13.9. The monoisotopic (exact) mass is 273 g/mol. The number of carbonyl (C=O) groups excluding carboxylic acids is 1. The molecule has 1 amide bonds. The van der Waals surface area contributed by atoms with Gasteiger partial charge in [-0.05, 0) is 38.0 Å². The molecule has 1 N–H and O–H groups in total. The van der Waals surface area contributed by atoms with E-state index in [2.05, 4.69) is 15.3 Å². The Morgan fingerprint density at radius 3 is 2.65 bits per heavy atom. The fraction of sp³-hybridized carbons (Fsp3) is 0.688. The van der Waals surface area contributed by atoms with Crippen LogP contribution in [0.2, 0.25) is 0 Å². The van der Waals surface area contributed by atoms with Crippen molar-refractivity contribution in [2.75, 3.05) is 0 Å². The van der Waals surface area contributed by atoms with Gasteiger partial charge in [-0.1, -0.05) is 25.7 Å². The predicted molar refractivity (Wildman–Crippen MR) is 77.3 cm³/mol. The first-order valence-corrected chi connectivity index (χ1v) is 7.82. The average molecular weight is 273 g/mol. The SMILES string of the molecule is Cc1cnc(C(=O)N[C@@H]2CC[C@H]3CCCC[C@H]3C2)cn1. The van der Waals surface area contributed by atoms with Crippen molar-refractivity contribution in [2.24, 2.45) is 11.8 Å². The van der Waals surface area contributed by atoms with Gasteiger partial charge in [0, 0.05) is 12.2 Å². The van der Waals surface area contributed by atoms with Crippen LogP contribution in [0.5, 0.6) is 0 Å². The molecule has 1 aromatic rings. The fourth-order valence-corrected chi connectivity index (χ4v) is 3.77. The summed E-state index contributed by atoms with van der Waals surface area (Å²) in [5.74, 6) is 1.67. The summed E-state index contributed by atoms with van der Waals surface area (Å²) in [6.07, 6.45) is 12.3. The van der Waals surface area contributed by atoms with Crippen LogP contribution in [0.4, 0.5) is 0 Å². The van der Waals surface area contributed by atoms with Crippen LogP contribution in [0.25, 0.3) is 0 Å². The number of nitrogens with one attached hydrogen (secondary N) is 1. The molecule has 0 spiro atoms. The highest BCUT2D eigenvalue weighted by molar-refractivity contribution is 5.92. The summed E-state index contributed by atoms with van der Waals surface area (Å²) in [5.41, 5.74) is 1.27. The Labute approximate surface area is 120 Å². The number of nitrogens with zero attached hydrogens (tertiary/aromatic N) is 2. The van der Waals surface area contributed by atoms with Crippen LogP contribution >= 0.6 is 0 Å². The van der Waals surface area contributed by atoms with Crippen molar-refractivity contribution < 1.29 is 4.79 Å². The molecular weight excluding hydrogens is 250 g/mol. The molecule has 0 aromatic carbocycles. The molecule has 0 aliphatic heterocycles. The van der Waals surface area contributed by atoms with Gasteiger partial charge in [0.1, 0.15) is 5.69 Å². The van der Waals surface area contributed by atoms with E-state index < -0.39 is 0 Å². The van der Waals surface area contributed by atoms with Gasteiger partial charge in [-0.2, -0.15) is 0 Å². The standard InChI is InChI=1S/C16H23N3O/c1-11-9-18-15(10-17-11)16(20)19-14-7-6-12-4-2-3-5-13(12)8-14/h9-10,12-14H,2-8H2,1H3,(H,19,20)/t12-,13+,14-/m1/s1. The number of aryl methyl sites for hydroxylation is 1. The van der Waals surface area contributed by atoms with Gasteiger partial charge in [-0.15, -0.1) is 0 Å². The van der Waals surface area contributed by atoms with Gasteiger partial charge in [-0.25, -0.2) is 4.98 Å². The topological polar surface area (TPSA) is 54.9 Å². The zero-order valence-corrected chi connectivity index (χ0v) is 12.1. The van der Waals surface area contributed by atoms with E-state index in [-0.39, 0.29) is 5.91 Å². The molecule has 3 rings (SSSR count). The van der Waals surface area contributed by atoms with Crippen molar-refractivity contribution in [2.45, 2.75) is 57.9 Å². The molecule has 3 atom stereocenters. The van der Waals surface area contributed by atoms with Crippen molar-refractivity contribution in [1.82, 2.24) is 15.3 Å². The van der Waals surface area contributed by atoms with E-state index in [1.54, 1.807) is 12.4 Å². The van der Waals surface area contributed by atoms with E-state index in [0.29, 0.717) is 11.7 Å². The molecule has 2 fully saturated rings. The maximum absolute atomic E-state index is 12.2. The highest BCUT2D eigenvalue weighted by Gasteiger charge is 2.32. The summed E-state index contributed by atoms with van der Waals surface area (Å²) in [4.78, 5) is 20.5. The Bertz CT molecular complexity index is 471. The summed E-state index contributed by atoms with van der Waals surface area (Å²) in [6.45, 7) is 1.87. The second kappa shape index (κ2) is 5.90. The van der Waals surface area contributed by atoms with Gasteiger partial charge in [0.2, 0.25) is 0 Å². The lowest BCUT2D eigenvalue weighted by molar-refractivity contribution is 0.0874. The number of hydrogen-bond donors (Lipinski definition) is 1. The number of carbonyl (C=O) groups is 1. The summed E-state index contributed by atoms with van der Waals surface area (Å²) >= 11 is 0. The molecule has 4 heteroatoms. The fourth-order valence-electron chi connectivity index (χ4n) is 3.77. The van der Waals surface area contributed by atoms with Gasteiger partial charge in [-0.3, -0.25) is 9.78 Å². The molecule has 0 unspecified atom stereocenters. The molecule has 1 aromatic heterocycles. The normalized spacial score (nSPS) is 29.6. The van der Waals surface area contributed by atoms with Crippen LogP contribution in [-0.2, 0) is 0 Å². The molecule has 4 nitrogen and oxygen atoms in total. The zero-order valence-electron chi connectivity index (χ0n) is 12.1. The summed E-state index contributed by atoms with van der Waals surface area (Å²) in [7, 11) is 0. The second-order valence-corrected chi connectivity index (χ2v) is 6.33. The molecular formula is C16H23N3O. The lowest BCUT2D eigenvalue weighted by atomic mass is 9.69. The summed E-state index contributed by atoms with van der Waals surface area (Å²) < 4.78 is 0.